The molecule has 17 heavy (non-hydrogen) atoms. The molecule has 96 valence electrons. The molecule has 1 unspecified atom stereocenters. The Kier molecular flexibility index (Phi) is 5.59. The van der Waals surface area contributed by atoms with Crippen LogP contribution in [-0.2, 0) is 4.74 Å². The van der Waals surface area contributed by atoms with E-state index in [-0.39, 0.29) is 0 Å². The Hall–Kier alpha value is -0.930. The van der Waals surface area contributed by atoms with Gasteiger partial charge >= 0.3 is 0 Å². The minimum Gasteiger partial charge on any atom is -0.383 e. The summed E-state index contributed by atoms with van der Waals surface area (Å²) in [6.45, 7) is 2.83. The lowest BCUT2D eigenvalue weighted by molar-refractivity contribution is 0.184. The molecule has 0 saturated carbocycles. The molecule has 0 radical (unpaired) electrons. The fourth-order valence-electron chi connectivity index (χ4n) is 1.66. The first-order chi connectivity index (χ1) is 8.08. The molecule has 0 aliphatic heterocycles. The van der Waals surface area contributed by atoms with Gasteiger partial charge in [0.2, 0.25) is 0 Å². The van der Waals surface area contributed by atoms with Crippen LogP contribution in [0.5, 0.6) is 0 Å². The maximum absolute atomic E-state index is 6.22. The number of ether oxygens (including phenoxy) is 1. The van der Waals surface area contributed by atoms with Gasteiger partial charge < -0.3 is 15.0 Å². The molecule has 1 aromatic rings. The zero-order valence-corrected chi connectivity index (χ0v) is 11.7. The van der Waals surface area contributed by atoms with Crippen molar-refractivity contribution in [3.8, 4) is 0 Å². The van der Waals surface area contributed by atoms with Gasteiger partial charge in [0.25, 0.3) is 0 Å². The number of hydrogen-bond acceptors (Lipinski definition) is 3. The van der Waals surface area contributed by atoms with E-state index in [1.807, 2.05) is 37.2 Å². The van der Waals surface area contributed by atoms with Gasteiger partial charge in [0.15, 0.2) is 0 Å². The van der Waals surface area contributed by atoms with Crippen LogP contribution >= 0.6 is 11.6 Å². The van der Waals surface area contributed by atoms with Crippen LogP contribution in [0.1, 0.15) is 13.3 Å². The third-order valence-electron chi connectivity index (χ3n) is 2.66. The monoisotopic (exact) mass is 256 g/mol. The molecular formula is C13H21ClN2O. The normalized spacial score (nSPS) is 12.3. The van der Waals surface area contributed by atoms with Crippen molar-refractivity contribution in [3.63, 3.8) is 0 Å². The van der Waals surface area contributed by atoms with Gasteiger partial charge in [-0.1, -0.05) is 18.5 Å². The average Bonchev–Trinajstić information content (AvgIpc) is 2.28. The summed E-state index contributed by atoms with van der Waals surface area (Å²) in [7, 11) is 5.68. The molecule has 0 saturated heterocycles. The zero-order chi connectivity index (χ0) is 12.8. The Morgan fingerprint density at radius 1 is 1.41 bits per heavy atom. The SMILES string of the molecule is CCC(COC)Nc1ccc(N(C)C)c(Cl)c1. The average molecular weight is 257 g/mol. The lowest BCUT2D eigenvalue weighted by atomic mass is 10.2. The van der Waals surface area contributed by atoms with Crippen molar-refractivity contribution in [3.05, 3.63) is 23.2 Å². The Balaban J connectivity index is 2.76. The third kappa shape index (κ3) is 4.10. The molecule has 1 aromatic carbocycles. The Labute approximate surface area is 109 Å². The van der Waals surface area contributed by atoms with Crippen molar-refractivity contribution in [2.75, 3.05) is 38.0 Å². The molecule has 0 bridgehead atoms. The van der Waals surface area contributed by atoms with Gasteiger partial charge in [-0.3, -0.25) is 0 Å². The van der Waals surface area contributed by atoms with E-state index in [0.717, 1.165) is 22.8 Å². The summed E-state index contributed by atoms with van der Waals surface area (Å²) in [5.41, 5.74) is 2.06. The van der Waals surface area contributed by atoms with Gasteiger partial charge in [-0.15, -0.1) is 0 Å². The number of nitrogens with one attached hydrogen (secondary N) is 1. The van der Waals surface area contributed by atoms with E-state index in [1.165, 1.54) is 0 Å². The largest absolute Gasteiger partial charge is 0.383 e. The summed E-state index contributed by atoms with van der Waals surface area (Å²) in [4.78, 5) is 2.00. The molecule has 3 nitrogen and oxygen atoms in total. The summed E-state index contributed by atoms with van der Waals surface area (Å²) in [6, 6.07) is 6.33. The Morgan fingerprint density at radius 3 is 2.59 bits per heavy atom. The topological polar surface area (TPSA) is 24.5 Å². The number of rotatable bonds is 6. The van der Waals surface area contributed by atoms with Crippen LogP contribution < -0.4 is 10.2 Å². The van der Waals surface area contributed by atoms with E-state index in [2.05, 4.69) is 12.2 Å². The first kappa shape index (κ1) is 14.1. The van der Waals surface area contributed by atoms with E-state index in [1.54, 1.807) is 7.11 Å². The van der Waals surface area contributed by atoms with E-state index in [9.17, 15) is 0 Å². The highest BCUT2D eigenvalue weighted by molar-refractivity contribution is 6.33. The number of anilines is 2. The predicted molar refractivity (Wildman–Crippen MR) is 75.4 cm³/mol. The molecular weight excluding hydrogens is 236 g/mol. The summed E-state index contributed by atoms with van der Waals surface area (Å²) in [6.07, 6.45) is 1.01. The minimum absolute atomic E-state index is 0.321. The van der Waals surface area contributed by atoms with E-state index in [0.29, 0.717) is 12.6 Å². The van der Waals surface area contributed by atoms with Crippen molar-refractivity contribution in [1.82, 2.24) is 0 Å². The van der Waals surface area contributed by atoms with Crippen LogP contribution in [0.15, 0.2) is 18.2 Å². The Morgan fingerprint density at radius 2 is 2.12 bits per heavy atom. The smallest absolute Gasteiger partial charge is 0.0663 e. The van der Waals surface area contributed by atoms with E-state index >= 15 is 0 Å². The zero-order valence-electron chi connectivity index (χ0n) is 11.0. The molecule has 1 atom stereocenters. The molecule has 0 aliphatic carbocycles. The second-order valence-electron chi connectivity index (χ2n) is 4.27. The maximum Gasteiger partial charge on any atom is 0.0663 e. The van der Waals surface area contributed by atoms with E-state index in [4.69, 9.17) is 16.3 Å². The predicted octanol–water partition coefficient (Wildman–Crippen LogP) is 3.24. The highest BCUT2D eigenvalue weighted by Gasteiger charge is 2.08. The van der Waals surface area contributed by atoms with Crippen molar-refractivity contribution < 1.29 is 4.74 Å². The van der Waals surface area contributed by atoms with Crippen molar-refractivity contribution in [2.45, 2.75) is 19.4 Å². The van der Waals surface area contributed by atoms with Crippen LogP contribution in [0.25, 0.3) is 0 Å². The highest BCUT2D eigenvalue weighted by Crippen LogP contribution is 2.27. The lowest BCUT2D eigenvalue weighted by Gasteiger charge is -2.19. The summed E-state index contributed by atoms with van der Waals surface area (Å²) < 4.78 is 5.16. The Bertz CT molecular complexity index is 355. The van der Waals surface area contributed by atoms with Gasteiger partial charge in [0, 0.05) is 32.9 Å². The number of nitrogens with zero attached hydrogens (tertiary/aromatic N) is 1. The number of hydrogen-bond donors (Lipinski definition) is 1. The molecule has 0 heterocycles. The summed E-state index contributed by atoms with van der Waals surface area (Å²) >= 11 is 6.22. The quantitative estimate of drug-likeness (QED) is 0.846. The summed E-state index contributed by atoms with van der Waals surface area (Å²) in [5, 5.41) is 4.17. The molecule has 0 amide bonds. The van der Waals surface area contributed by atoms with Crippen molar-refractivity contribution in [2.24, 2.45) is 0 Å². The number of methoxy groups -OCH3 is 1. The van der Waals surface area contributed by atoms with Crippen molar-refractivity contribution in [1.29, 1.82) is 0 Å². The fraction of sp³-hybridized carbons (Fsp3) is 0.538. The third-order valence-corrected chi connectivity index (χ3v) is 2.96. The first-order valence-electron chi connectivity index (χ1n) is 5.80. The molecule has 0 fully saturated rings. The van der Waals surface area contributed by atoms with Crippen LogP contribution in [0.3, 0.4) is 0 Å². The van der Waals surface area contributed by atoms with Gasteiger partial charge in [0.05, 0.1) is 17.3 Å². The second-order valence-corrected chi connectivity index (χ2v) is 4.67. The number of benzene rings is 1. The van der Waals surface area contributed by atoms with Gasteiger partial charge in [-0.05, 0) is 24.6 Å². The highest BCUT2D eigenvalue weighted by atomic mass is 35.5. The van der Waals surface area contributed by atoms with Crippen LogP contribution in [0.4, 0.5) is 11.4 Å². The molecule has 0 spiro atoms. The van der Waals surface area contributed by atoms with Gasteiger partial charge in [-0.25, -0.2) is 0 Å². The van der Waals surface area contributed by atoms with Crippen LogP contribution in [0, 0.1) is 0 Å². The first-order valence-corrected chi connectivity index (χ1v) is 6.18. The second kappa shape index (κ2) is 6.72. The molecule has 0 aromatic heterocycles. The molecule has 1 rings (SSSR count). The fourth-order valence-corrected chi connectivity index (χ4v) is 2.01. The minimum atomic E-state index is 0.321. The molecule has 0 aliphatic rings. The van der Waals surface area contributed by atoms with Crippen LogP contribution in [-0.4, -0.2) is 33.9 Å². The standard InChI is InChI=1S/C13H21ClN2O/c1-5-10(9-17-4)15-11-6-7-13(16(2)3)12(14)8-11/h6-8,10,15H,5,9H2,1-4H3. The summed E-state index contributed by atoms with van der Waals surface area (Å²) in [5.74, 6) is 0. The molecule has 4 heteroatoms. The number of halogens is 1. The van der Waals surface area contributed by atoms with Gasteiger partial charge in [0.1, 0.15) is 0 Å². The lowest BCUT2D eigenvalue weighted by Crippen LogP contribution is -2.23. The van der Waals surface area contributed by atoms with Gasteiger partial charge in [-0.2, -0.15) is 0 Å². The van der Waals surface area contributed by atoms with E-state index < -0.39 is 0 Å². The van der Waals surface area contributed by atoms with Crippen LogP contribution in [0.2, 0.25) is 5.02 Å². The van der Waals surface area contributed by atoms with Crippen molar-refractivity contribution >= 4 is 23.0 Å². The molecule has 1 N–H and O–H groups in total. The maximum atomic E-state index is 6.22.